The van der Waals surface area contributed by atoms with Gasteiger partial charge in [0.25, 0.3) is 0 Å². The van der Waals surface area contributed by atoms with Crippen molar-refractivity contribution in [3.8, 4) is 5.69 Å². The lowest BCUT2D eigenvalue weighted by Crippen LogP contribution is -2.59. The number of para-hydroxylation sites is 1. The average molecular weight is 387 g/mol. The first-order chi connectivity index (χ1) is 13.7. The quantitative estimate of drug-likeness (QED) is 0.761. The van der Waals surface area contributed by atoms with Gasteiger partial charge in [-0.3, -0.25) is 4.90 Å². The molecule has 1 saturated carbocycles. The fraction of sp³-hybridized carbons (Fsp3) is 0.591. The Labute approximate surface area is 167 Å². The highest BCUT2D eigenvalue weighted by Crippen LogP contribution is 2.35. The normalized spacial score (nSPS) is 20.5. The number of hydrogen-bond donors (Lipinski definition) is 0. The van der Waals surface area contributed by atoms with Gasteiger partial charge in [0.15, 0.2) is 0 Å². The van der Waals surface area contributed by atoms with E-state index in [1.54, 1.807) is 16.8 Å². The van der Waals surface area contributed by atoms with Gasteiger partial charge in [-0.05, 0) is 32.0 Å². The van der Waals surface area contributed by atoms with Gasteiger partial charge in [-0.1, -0.05) is 31.4 Å². The van der Waals surface area contributed by atoms with Crippen molar-refractivity contribution < 1.29 is 9.13 Å². The van der Waals surface area contributed by atoms with Gasteiger partial charge in [0.2, 0.25) is 0 Å². The van der Waals surface area contributed by atoms with Crippen LogP contribution in [-0.4, -0.2) is 65.0 Å². The Balaban J connectivity index is 1.44. The van der Waals surface area contributed by atoms with E-state index in [2.05, 4.69) is 21.9 Å². The molecule has 2 fully saturated rings. The first kappa shape index (κ1) is 19.6. The van der Waals surface area contributed by atoms with E-state index in [1.807, 2.05) is 18.5 Å². The molecule has 1 aromatic heterocycles. The first-order valence-electron chi connectivity index (χ1n) is 10.5. The van der Waals surface area contributed by atoms with Crippen LogP contribution in [0.3, 0.4) is 0 Å². The summed E-state index contributed by atoms with van der Waals surface area (Å²) >= 11 is 0. The number of aromatic nitrogens is 2. The molecule has 1 saturated heterocycles. The van der Waals surface area contributed by atoms with Crippen LogP contribution in [-0.2, 0) is 11.3 Å². The van der Waals surface area contributed by atoms with E-state index >= 15 is 0 Å². The van der Waals surface area contributed by atoms with Crippen molar-refractivity contribution in [1.82, 2.24) is 19.6 Å². The Bertz CT molecular complexity index is 765. The zero-order valence-electron chi connectivity index (χ0n) is 16.8. The standard InChI is InChI=1S/C22H31FN4O/c1-25(16-19-15-24-27(17-19)21-8-4-3-7-20(21)23)18-22(9-5-2-6-10-22)26-11-13-28-14-12-26/h3-4,7-8,15,17H,2,5-6,9-14,16,18H2,1H3. The zero-order chi connectivity index (χ0) is 19.4. The minimum Gasteiger partial charge on any atom is -0.379 e. The van der Waals surface area contributed by atoms with E-state index in [1.165, 1.54) is 38.2 Å². The van der Waals surface area contributed by atoms with Crippen LogP contribution >= 0.6 is 0 Å². The molecular formula is C22H31FN4O. The average Bonchev–Trinajstić information content (AvgIpc) is 3.17. The Kier molecular flexibility index (Phi) is 6.09. The highest BCUT2D eigenvalue weighted by Gasteiger charge is 2.39. The SMILES string of the molecule is CN(Cc1cnn(-c2ccccc2F)c1)CC1(N2CCOCC2)CCCCC1. The van der Waals surface area contributed by atoms with E-state index in [0.717, 1.165) is 45.0 Å². The van der Waals surface area contributed by atoms with Crippen LogP contribution in [0, 0.1) is 5.82 Å². The lowest BCUT2D eigenvalue weighted by Gasteiger charge is -2.49. The highest BCUT2D eigenvalue weighted by atomic mass is 19.1. The van der Waals surface area contributed by atoms with Crippen LogP contribution in [0.4, 0.5) is 4.39 Å². The van der Waals surface area contributed by atoms with Crippen LogP contribution in [0.2, 0.25) is 0 Å². The summed E-state index contributed by atoms with van der Waals surface area (Å²) in [6.45, 7) is 5.65. The smallest absolute Gasteiger partial charge is 0.148 e. The van der Waals surface area contributed by atoms with E-state index in [0.29, 0.717) is 5.69 Å². The predicted octanol–water partition coefficient (Wildman–Crippen LogP) is 3.48. The third kappa shape index (κ3) is 4.29. The van der Waals surface area contributed by atoms with Gasteiger partial charge in [-0.25, -0.2) is 9.07 Å². The fourth-order valence-electron chi connectivity index (χ4n) is 4.90. The molecule has 152 valence electrons. The van der Waals surface area contributed by atoms with Crippen LogP contribution < -0.4 is 0 Å². The first-order valence-corrected chi connectivity index (χ1v) is 10.5. The maximum Gasteiger partial charge on any atom is 0.148 e. The highest BCUT2D eigenvalue weighted by molar-refractivity contribution is 5.32. The van der Waals surface area contributed by atoms with Gasteiger partial charge in [0.05, 0.1) is 19.4 Å². The Morgan fingerprint density at radius 2 is 1.89 bits per heavy atom. The van der Waals surface area contributed by atoms with Crippen molar-refractivity contribution in [2.24, 2.45) is 0 Å². The molecule has 0 unspecified atom stereocenters. The number of morpholine rings is 1. The molecule has 28 heavy (non-hydrogen) atoms. The molecule has 5 nitrogen and oxygen atoms in total. The topological polar surface area (TPSA) is 33.5 Å². The molecule has 2 heterocycles. The number of rotatable bonds is 6. The third-order valence-electron chi connectivity index (χ3n) is 6.22. The Hall–Kier alpha value is -1.76. The van der Waals surface area contributed by atoms with E-state index in [-0.39, 0.29) is 11.4 Å². The van der Waals surface area contributed by atoms with Crippen molar-refractivity contribution in [1.29, 1.82) is 0 Å². The lowest BCUT2D eigenvalue weighted by molar-refractivity contribution is -0.0491. The van der Waals surface area contributed by atoms with Crippen molar-refractivity contribution in [2.45, 2.75) is 44.2 Å². The molecule has 4 rings (SSSR count). The molecule has 0 bridgehead atoms. The fourth-order valence-corrected chi connectivity index (χ4v) is 4.90. The summed E-state index contributed by atoms with van der Waals surface area (Å²) in [5.41, 5.74) is 1.87. The second-order valence-corrected chi connectivity index (χ2v) is 8.30. The number of nitrogens with zero attached hydrogens (tertiary/aromatic N) is 4. The second kappa shape index (κ2) is 8.72. The summed E-state index contributed by atoms with van der Waals surface area (Å²) in [7, 11) is 2.19. The van der Waals surface area contributed by atoms with Gasteiger partial charge in [0.1, 0.15) is 11.5 Å². The van der Waals surface area contributed by atoms with Gasteiger partial charge in [-0.15, -0.1) is 0 Å². The van der Waals surface area contributed by atoms with E-state index in [9.17, 15) is 4.39 Å². The van der Waals surface area contributed by atoms with Crippen LogP contribution in [0.5, 0.6) is 0 Å². The third-order valence-corrected chi connectivity index (χ3v) is 6.22. The molecule has 0 N–H and O–H groups in total. The number of likely N-dealkylation sites (N-methyl/N-ethyl adjacent to an activating group) is 1. The second-order valence-electron chi connectivity index (χ2n) is 8.30. The monoisotopic (exact) mass is 386 g/mol. The summed E-state index contributed by atoms with van der Waals surface area (Å²) in [6, 6.07) is 6.76. The van der Waals surface area contributed by atoms with Crippen molar-refractivity contribution in [2.75, 3.05) is 39.9 Å². The lowest BCUT2D eigenvalue weighted by atomic mass is 9.79. The molecule has 0 spiro atoms. The van der Waals surface area contributed by atoms with E-state index < -0.39 is 0 Å². The molecule has 1 aliphatic heterocycles. The summed E-state index contributed by atoms with van der Waals surface area (Å²) in [4.78, 5) is 5.08. The Morgan fingerprint density at radius 3 is 2.64 bits per heavy atom. The largest absolute Gasteiger partial charge is 0.379 e. The van der Waals surface area contributed by atoms with Gasteiger partial charge >= 0.3 is 0 Å². The van der Waals surface area contributed by atoms with Crippen molar-refractivity contribution in [3.05, 3.63) is 48.0 Å². The van der Waals surface area contributed by atoms with Crippen molar-refractivity contribution >= 4 is 0 Å². The molecular weight excluding hydrogens is 355 g/mol. The molecule has 1 aromatic carbocycles. The maximum absolute atomic E-state index is 14.0. The number of hydrogen-bond acceptors (Lipinski definition) is 4. The molecule has 0 amide bonds. The van der Waals surface area contributed by atoms with Crippen LogP contribution in [0.15, 0.2) is 36.7 Å². The van der Waals surface area contributed by atoms with Gasteiger partial charge in [0, 0.05) is 43.5 Å². The molecule has 1 aliphatic carbocycles. The maximum atomic E-state index is 14.0. The Morgan fingerprint density at radius 1 is 1.14 bits per heavy atom. The molecule has 0 atom stereocenters. The molecule has 2 aromatic rings. The van der Waals surface area contributed by atoms with Crippen LogP contribution in [0.25, 0.3) is 5.69 Å². The summed E-state index contributed by atoms with van der Waals surface area (Å²) < 4.78 is 21.3. The zero-order valence-corrected chi connectivity index (χ0v) is 16.8. The number of ether oxygens (including phenoxy) is 1. The molecule has 2 aliphatic rings. The summed E-state index contributed by atoms with van der Waals surface area (Å²) in [5, 5.41) is 4.38. The molecule has 0 radical (unpaired) electrons. The number of halogens is 1. The molecule has 6 heteroatoms. The van der Waals surface area contributed by atoms with Gasteiger partial charge in [-0.2, -0.15) is 5.10 Å². The summed E-state index contributed by atoms with van der Waals surface area (Å²) in [5.74, 6) is -0.251. The van der Waals surface area contributed by atoms with Gasteiger partial charge < -0.3 is 9.64 Å². The number of benzene rings is 1. The minimum absolute atomic E-state index is 0.251. The summed E-state index contributed by atoms with van der Waals surface area (Å²) in [6.07, 6.45) is 10.3. The van der Waals surface area contributed by atoms with E-state index in [4.69, 9.17) is 4.74 Å². The van der Waals surface area contributed by atoms with Crippen LogP contribution in [0.1, 0.15) is 37.7 Å². The predicted molar refractivity (Wildman–Crippen MR) is 108 cm³/mol. The minimum atomic E-state index is -0.251. The van der Waals surface area contributed by atoms with Crippen molar-refractivity contribution in [3.63, 3.8) is 0 Å².